The summed E-state index contributed by atoms with van der Waals surface area (Å²) in [6.45, 7) is -0.522. The van der Waals surface area contributed by atoms with Gasteiger partial charge in [0.05, 0.1) is 18.4 Å². The average Bonchev–Trinajstić information content (AvgIpc) is 3.37. The zero-order valence-corrected chi connectivity index (χ0v) is 20.7. The first-order valence-electron chi connectivity index (χ1n) is 11.8. The summed E-state index contributed by atoms with van der Waals surface area (Å²) in [5, 5.41) is 17.2. The summed E-state index contributed by atoms with van der Waals surface area (Å²) >= 11 is 0. The number of aromatic nitrogens is 3. The number of anilines is 1. The third-order valence-electron chi connectivity index (χ3n) is 6.35. The molecule has 0 aliphatic carbocycles. The van der Waals surface area contributed by atoms with Gasteiger partial charge in [-0.25, -0.2) is 9.37 Å². The fourth-order valence-corrected chi connectivity index (χ4v) is 4.22. The van der Waals surface area contributed by atoms with Crippen LogP contribution in [0.5, 0.6) is 5.75 Å². The molecule has 216 valence electrons. The Labute approximate surface area is 221 Å². The number of ether oxygens (including phenoxy) is 1. The first kappa shape index (κ1) is 29.0. The van der Waals surface area contributed by atoms with Crippen molar-refractivity contribution in [2.24, 2.45) is 0 Å². The van der Waals surface area contributed by atoms with Gasteiger partial charge in [-0.2, -0.15) is 26.3 Å². The second-order valence-corrected chi connectivity index (χ2v) is 9.10. The fourth-order valence-electron chi connectivity index (χ4n) is 4.22. The van der Waals surface area contributed by atoms with E-state index in [2.05, 4.69) is 15.2 Å². The van der Waals surface area contributed by atoms with Gasteiger partial charge in [0.2, 0.25) is 5.60 Å². The minimum atomic E-state index is -5.23. The smallest absolute Gasteiger partial charge is 0.426 e. The predicted octanol–water partition coefficient (Wildman–Crippen LogP) is 4.85. The standard InChI is InChI=1S/C24H22F7N5O4/c1-39-16-9-12(5-6-14(16)25)11-36-8-4-2-3-7-22(38,24(29,30)31)21-35-34-19(40-21)18-15(32)10-13(23(26,27)28)17(33-18)20(36)37/h5-6,9-10,38H,2-4,7-8,11,32H2,1H3. The van der Waals surface area contributed by atoms with Gasteiger partial charge in [-0.05, 0) is 43.0 Å². The molecule has 1 atom stereocenters. The number of rotatable bonds is 3. The molecule has 40 heavy (non-hydrogen) atoms. The summed E-state index contributed by atoms with van der Waals surface area (Å²) in [5.41, 5.74) is -1.54. The fraction of sp³-hybridized carbons (Fsp3) is 0.417. The summed E-state index contributed by atoms with van der Waals surface area (Å²) in [5.74, 6) is -4.13. The van der Waals surface area contributed by atoms with E-state index in [1.165, 1.54) is 19.2 Å². The molecule has 3 aromatic rings. The first-order valence-corrected chi connectivity index (χ1v) is 11.8. The first-order chi connectivity index (χ1) is 18.7. The van der Waals surface area contributed by atoms with Crippen molar-refractivity contribution in [3.63, 3.8) is 0 Å². The van der Waals surface area contributed by atoms with Crippen molar-refractivity contribution in [2.75, 3.05) is 19.4 Å². The molecule has 3 N–H and O–H groups in total. The number of halogens is 7. The number of nitrogen functional groups attached to an aromatic ring is 1. The number of aliphatic hydroxyl groups is 1. The number of methoxy groups -OCH3 is 1. The lowest BCUT2D eigenvalue weighted by molar-refractivity contribution is -0.277. The summed E-state index contributed by atoms with van der Waals surface area (Å²) < 4.78 is 107. The zero-order chi connectivity index (χ0) is 29.5. The summed E-state index contributed by atoms with van der Waals surface area (Å²) in [7, 11) is 1.20. The molecule has 0 saturated carbocycles. The maximum atomic E-state index is 14.0. The van der Waals surface area contributed by atoms with Gasteiger partial charge in [-0.15, -0.1) is 10.2 Å². The van der Waals surface area contributed by atoms with Crippen molar-refractivity contribution in [1.82, 2.24) is 20.1 Å². The summed E-state index contributed by atoms with van der Waals surface area (Å²) in [4.78, 5) is 18.3. The van der Waals surface area contributed by atoms with E-state index in [0.717, 1.165) is 11.0 Å². The van der Waals surface area contributed by atoms with E-state index < -0.39 is 70.5 Å². The molecule has 3 heterocycles. The van der Waals surface area contributed by atoms with E-state index in [9.17, 15) is 40.6 Å². The second kappa shape index (κ2) is 10.6. The van der Waals surface area contributed by atoms with Crippen LogP contribution in [0.4, 0.5) is 36.4 Å². The zero-order valence-electron chi connectivity index (χ0n) is 20.7. The average molecular weight is 577 g/mol. The number of benzene rings is 1. The lowest BCUT2D eigenvalue weighted by Crippen LogP contribution is -2.42. The van der Waals surface area contributed by atoms with Gasteiger partial charge in [0, 0.05) is 13.1 Å². The van der Waals surface area contributed by atoms with Crippen LogP contribution in [0.25, 0.3) is 11.6 Å². The molecule has 16 heteroatoms. The Morgan fingerprint density at radius 1 is 1.10 bits per heavy atom. The highest BCUT2D eigenvalue weighted by Crippen LogP contribution is 2.43. The Morgan fingerprint density at radius 3 is 2.48 bits per heavy atom. The highest BCUT2D eigenvalue weighted by Gasteiger charge is 2.58. The minimum Gasteiger partial charge on any atom is -0.494 e. The van der Waals surface area contributed by atoms with Gasteiger partial charge in [0.15, 0.2) is 17.3 Å². The predicted molar refractivity (Wildman–Crippen MR) is 123 cm³/mol. The lowest BCUT2D eigenvalue weighted by atomic mass is 9.95. The highest BCUT2D eigenvalue weighted by molar-refractivity contribution is 5.95. The Hall–Kier alpha value is -3.95. The molecule has 1 unspecified atom stereocenters. The number of fused-ring (bicyclic) bond motifs is 5. The minimum absolute atomic E-state index is 0.0302. The molecular weight excluding hydrogens is 555 g/mol. The molecule has 1 aliphatic heterocycles. The van der Waals surface area contributed by atoms with Crippen LogP contribution in [0, 0.1) is 5.82 Å². The van der Waals surface area contributed by atoms with Crippen LogP contribution < -0.4 is 10.5 Å². The molecule has 9 nitrogen and oxygen atoms in total. The molecule has 4 rings (SSSR count). The topological polar surface area (TPSA) is 128 Å². The molecule has 4 bridgehead atoms. The van der Waals surface area contributed by atoms with Crippen LogP contribution in [-0.4, -0.2) is 50.9 Å². The number of nitrogens with zero attached hydrogens (tertiary/aromatic N) is 4. The van der Waals surface area contributed by atoms with Crippen LogP contribution in [0.3, 0.4) is 0 Å². The van der Waals surface area contributed by atoms with Crippen molar-refractivity contribution in [1.29, 1.82) is 0 Å². The largest absolute Gasteiger partial charge is 0.494 e. The van der Waals surface area contributed by atoms with Crippen molar-refractivity contribution in [3.8, 4) is 17.3 Å². The van der Waals surface area contributed by atoms with Crippen molar-refractivity contribution in [2.45, 2.75) is 50.2 Å². The van der Waals surface area contributed by atoms with Gasteiger partial charge in [-0.1, -0.05) is 12.5 Å². The van der Waals surface area contributed by atoms with Gasteiger partial charge in [0.1, 0.15) is 5.69 Å². The van der Waals surface area contributed by atoms with Crippen LogP contribution in [0.2, 0.25) is 0 Å². The molecular formula is C24H22F7N5O4. The molecule has 0 saturated heterocycles. The summed E-state index contributed by atoms with van der Waals surface area (Å²) in [6, 6.07) is 3.99. The number of nitrogens with two attached hydrogens (primary N) is 1. The Morgan fingerprint density at radius 2 is 1.82 bits per heavy atom. The van der Waals surface area contributed by atoms with E-state index in [1.807, 2.05) is 0 Å². The van der Waals surface area contributed by atoms with E-state index in [0.29, 0.717) is 11.6 Å². The van der Waals surface area contributed by atoms with Crippen molar-refractivity contribution in [3.05, 3.63) is 52.8 Å². The molecule has 1 aliphatic rings. The molecule has 0 fully saturated rings. The number of pyridine rings is 1. The van der Waals surface area contributed by atoms with E-state index in [1.54, 1.807) is 0 Å². The Kier molecular flexibility index (Phi) is 7.66. The SMILES string of the molecule is COc1cc(CN2CCCCCC(O)(C(F)(F)F)c3nnc(o3)-c3nc(c(C(F)(F)F)cc3N)C2=O)ccc1F. The Bertz CT molecular complexity index is 1410. The van der Waals surface area contributed by atoms with Gasteiger partial charge in [-0.3, -0.25) is 4.79 Å². The molecule has 0 radical (unpaired) electrons. The third-order valence-corrected chi connectivity index (χ3v) is 6.35. The van der Waals surface area contributed by atoms with E-state index >= 15 is 0 Å². The third kappa shape index (κ3) is 5.52. The van der Waals surface area contributed by atoms with E-state index in [-0.39, 0.29) is 38.1 Å². The molecule has 1 amide bonds. The van der Waals surface area contributed by atoms with Crippen LogP contribution in [0.15, 0.2) is 28.7 Å². The Balaban J connectivity index is 1.86. The number of hydrogen-bond acceptors (Lipinski definition) is 8. The lowest BCUT2D eigenvalue weighted by Gasteiger charge is -2.28. The second-order valence-electron chi connectivity index (χ2n) is 9.10. The number of alkyl halides is 6. The van der Waals surface area contributed by atoms with E-state index in [4.69, 9.17) is 14.9 Å². The van der Waals surface area contributed by atoms with Crippen LogP contribution in [0.1, 0.15) is 53.2 Å². The van der Waals surface area contributed by atoms with Gasteiger partial charge in [0.25, 0.3) is 17.7 Å². The highest BCUT2D eigenvalue weighted by atomic mass is 19.4. The number of carbonyl (C=O) groups is 1. The van der Waals surface area contributed by atoms with Crippen LogP contribution >= 0.6 is 0 Å². The molecule has 2 aromatic heterocycles. The maximum absolute atomic E-state index is 14.0. The van der Waals surface area contributed by atoms with Crippen molar-refractivity contribution < 1.29 is 49.8 Å². The summed E-state index contributed by atoms with van der Waals surface area (Å²) in [6.07, 6.45) is -11.4. The van der Waals surface area contributed by atoms with Crippen LogP contribution in [-0.2, 0) is 18.3 Å². The number of carbonyl (C=O) groups excluding carboxylic acids is 1. The van der Waals surface area contributed by atoms with Gasteiger partial charge < -0.3 is 24.9 Å². The normalized spacial score (nSPS) is 18.9. The molecule has 0 spiro atoms. The molecule has 1 aromatic carbocycles. The van der Waals surface area contributed by atoms with Crippen molar-refractivity contribution >= 4 is 11.6 Å². The monoisotopic (exact) mass is 577 g/mol. The maximum Gasteiger partial charge on any atom is 0.426 e. The number of hydrogen-bond donors (Lipinski definition) is 2. The van der Waals surface area contributed by atoms with Gasteiger partial charge >= 0.3 is 12.4 Å². The number of amides is 1. The quantitative estimate of drug-likeness (QED) is 0.423.